The van der Waals surface area contributed by atoms with E-state index in [0.29, 0.717) is 12.3 Å². The van der Waals surface area contributed by atoms with Gasteiger partial charge in [0.1, 0.15) is 5.82 Å². The maximum atomic E-state index is 13.9. The van der Waals surface area contributed by atoms with Gasteiger partial charge in [0.05, 0.1) is 0 Å². The van der Waals surface area contributed by atoms with Crippen molar-refractivity contribution >= 4 is 15.9 Å². The van der Waals surface area contributed by atoms with Gasteiger partial charge in [0.2, 0.25) is 0 Å². The summed E-state index contributed by atoms with van der Waals surface area (Å²) in [6.07, 6.45) is 5.56. The Morgan fingerprint density at radius 3 is 2.43 bits per heavy atom. The molecule has 1 atom stereocenters. The van der Waals surface area contributed by atoms with E-state index in [1.807, 2.05) is 6.07 Å². The maximum Gasteiger partial charge on any atom is 0.126 e. The molecule has 1 saturated carbocycles. The summed E-state index contributed by atoms with van der Waals surface area (Å²) in [6.45, 7) is 4.61. The summed E-state index contributed by atoms with van der Waals surface area (Å²) in [5, 5.41) is 0. The lowest BCUT2D eigenvalue weighted by atomic mass is 9.74. The number of halogens is 2. The molecule has 1 aromatic rings. The standard InChI is InChI=1S/C17H26BrFN2/c1-11(2)12-3-5-13(6-4-12)17(21-20)10-14-9-15(18)7-8-16(14)19/h7-9,11-13,17,21H,3-6,10,20H2,1-2H3. The summed E-state index contributed by atoms with van der Waals surface area (Å²) in [4.78, 5) is 0. The van der Waals surface area contributed by atoms with Gasteiger partial charge in [-0.2, -0.15) is 0 Å². The van der Waals surface area contributed by atoms with Crippen LogP contribution in [0.4, 0.5) is 4.39 Å². The summed E-state index contributed by atoms with van der Waals surface area (Å²) >= 11 is 3.41. The van der Waals surface area contributed by atoms with E-state index in [1.54, 1.807) is 6.07 Å². The second-order valence-electron chi connectivity index (χ2n) is 6.63. The molecule has 1 aromatic carbocycles. The Bertz CT molecular complexity index is 456. The Kier molecular flexibility index (Phi) is 6.20. The average molecular weight is 357 g/mol. The largest absolute Gasteiger partial charge is 0.271 e. The lowest BCUT2D eigenvalue weighted by Gasteiger charge is -2.35. The van der Waals surface area contributed by atoms with Crippen LogP contribution in [0.5, 0.6) is 0 Å². The van der Waals surface area contributed by atoms with Crippen molar-refractivity contribution < 1.29 is 4.39 Å². The first-order chi connectivity index (χ1) is 10.0. The summed E-state index contributed by atoms with van der Waals surface area (Å²) in [7, 11) is 0. The minimum absolute atomic E-state index is 0.144. The molecule has 118 valence electrons. The van der Waals surface area contributed by atoms with Gasteiger partial charge in [-0.05, 0) is 73.6 Å². The molecule has 0 aromatic heterocycles. The quantitative estimate of drug-likeness (QED) is 0.605. The van der Waals surface area contributed by atoms with Crippen molar-refractivity contribution in [1.29, 1.82) is 0 Å². The smallest absolute Gasteiger partial charge is 0.126 e. The molecule has 1 aliphatic carbocycles. The highest BCUT2D eigenvalue weighted by Crippen LogP contribution is 2.35. The van der Waals surface area contributed by atoms with Crippen LogP contribution in [0.25, 0.3) is 0 Å². The van der Waals surface area contributed by atoms with Gasteiger partial charge in [-0.1, -0.05) is 29.8 Å². The topological polar surface area (TPSA) is 38.0 Å². The molecule has 0 aliphatic heterocycles. The molecule has 0 amide bonds. The molecule has 0 spiro atoms. The van der Waals surface area contributed by atoms with Crippen molar-refractivity contribution in [3.8, 4) is 0 Å². The fraction of sp³-hybridized carbons (Fsp3) is 0.647. The molecule has 1 unspecified atom stereocenters. The lowest BCUT2D eigenvalue weighted by molar-refractivity contribution is 0.187. The number of benzene rings is 1. The Labute approximate surface area is 135 Å². The van der Waals surface area contributed by atoms with Crippen molar-refractivity contribution in [2.24, 2.45) is 23.6 Å². The second kappa shape index (κ2) is 7.70. The minimum atomic E-state index is -0.144. The van der Waals surface area contributed by atoms with Gasteiger partial charge in [0.15, 0.2) is 0 Å². The van der Waals surface area contributed by atoms with Crippen molar-refractivity contribution in [1.82, 2.24) is 5.43 Å². The molecule has 0 radical (unpaired) electrons. The van der Waals surface area contributed by atoms with Crippen LogP contribution in [0.2, 0.25) is 0 Å². The summed E-state index contributed by atoms with van der Waals surface area (Å²) in [6, 6.07) is 5.27. The SMILES string of the molecule is CC(C)C1CCC(C(Cc2cc(Br)ccc2F)NN)CC1. The molecule has 2 rings (SSSR count). The van der Waals surface area contributed by atoms with E-state index in [2.05, 4.69) is 35.2 Å². The van der Waals surface area contributed by atoms with Gasteiger partial charge in [-0.3, -0.25) is 11.3 Å². The molecule has 3 N–H and O–H groups in total. The number of nitrogens with one attached hydrogen (secondary N) is 1. The lowest BCUT2D eigenvalue weighted by Crippen LogP contribution is -2.44. The van der Waals surface area contributed by atoms with E-state index in [1.165, 1.54) is 31.7 Å². The Hall–Kier alpha value is -0.450. The van der Waals surface area contributed by atoms with E-state index < -0.39 is 0 Å². The van der Waals surface area contributed by atoms with Crippen molar-refractivity contribution in [3.05, 3.63) is 34.1 Å². The molecular formula is C17H26BrFN2. The van der Waals surface area contributed by atoms with Crippen LogP contribution in [0.3, 0.4) is 0 Å². The predicted octanol–water partition coefficient (Wildman–Crippen LogP) is 4.43. The van der Waals surface area contributed by atoms with Gasteiger partial charge in [-0.25, -0.2) is 4.39 Å². The van der Waals surface area contributed by atoms with Gasteiger partial charge >= 0.3 is 0 Å². The van der Waals surface area contributed by atoms with Crippen LogP contribution in [0, 0.1) is 23.6 Å². The molecule has 2 nitrogen and oxygen atoms in total. The van der Waals surface area contributed by atoms with Gasteiger partial charge in [-0.15, -0.1) is 0 Å². The second-order valence-corrected chi connectivity index (χ2v) is 7.55. The summed E-state index contributed by atoms with van der Waals surface area (Å²) in [5.41, 5.74) is 3.66. The number of hydrazine groups is 1. The monoisotopic (exact) mass is 356 g/mol. The fourth-order valence-electron chi connectivity index (χ4n) is 3.51. The zero-order valence-electron chi connectivity index (χ0n) is 12.9. The normalized spacial score (nSPS) is 24.3. The Morgan fingerprint density at radius 2 is 1.86 bits per heavy atom. The molecule has 0 saturated heterocycles. The molecule has 0 heterocycles. The highest BCUT2D eigenvalue weighted by Gasteiger charge is 2.28. The Balaban J connectivity index is 1.99. The highest BCUT2D eigenvalue weighted by atomic mass is 79.9. The number of hydrogen-bond donors (Lipinski definition) is 2. The van der Waals surface area contributed by atoms with E-state index in [-0.39, 0.29) is 11.9 Å². The molecule has 1 aliphatic rings. The average Bonchev–Trinajstić information content (AvgIpc) is 2.48. The van der Waals surface area contributed by atoms with Crippen LogP contribution >= 0.6 is 15.9 Å². The number of rotatable bonds is 5. The summed E-state index contributed by atoms with van der Waals surface area (Å²) < 4.78 is 14.8. The van der Waals surface area contributed by atoms with Crippen LogP contribution < -0.4 is 11.3 Å². The maximum absolute atomic E-state index is 13.9. The van der Waals surface area contributed by atoms with Crippen LogP contribution in [0.15, 0.2) is 22.7 Å². The molecule has 4 heteroatoms. The van der Waals surface area contributed by atoms with Gasteiger partial charge in [0.25, 0.3) is 0 Å². The van der Waals surface area contributed by atoms with E-state index in [0.717, 1.165) is 21.9 Å². The number of hydrogen-bond acceptors (Lipinski definition) is 2. The van der Waals surface area contributed by atoms with Crippen molar-refractivity contribution in [3.63, 3.8) is 0 Å². The summed E-state index contributed by atoms with van der Waals surface area (Å²) in [5.74, 6) is 7.75. The van der Waals surface area contributed by atoms with Gasteiger partial charge in [0, 0.05) is 10.5 Å². The first-order valence-electron chi connectivity index (χ1n) is 7.91. The third-order valence-electron chi connectivity index (χ3n) is 4.99. The highest BCUT2D eigenvalue weighted by molar-refractivity contribution is 9.10. The van der Waals surface area contributed by atoms with E-state index in [9.17, 15) is 4.39 Å². The first kappa shape index (κ1) is 16.9. The van der Waals surface area contributed by atoms with E-state index >= 15 is 0 Å². The third kappa shape index (κ3) is 4.51. The first-order valence-corrected chi connectivity index (χ1v) is 8.70. The number of nitrogens with two attached hydrogens (primary N) is 1. The van der Waals surface area contributed by atoms with Crippen molar-refractivity contribution in [2.75, 3.05) is 0 Å². The van der Waals surface area contributed by atoms with Gasteiger partial charge < -0.3 is 0 Å². The zero-order chi connectivity index (χ0) is 15.4. The molecule has 1 fully saturated rings. The van der Waals surface area contributed by atoms with Crippen LogP contribution in [-0.4, -0.2) is 6.04 Å². The zero-order valence-corrected chi connectivity index (χ0v) is 14.5. The Morgan fingerprint density at radius 1 is 1.24 bits per heavy atom. The minimum Gasteiger partial charge on any atom is -0.271 e. The van der Waals surface area contributed by atoms with E-state index in [4.69, 9.17) is 5.84 Å². The molecule has 0 bridgehead atoms. The van der Waals surface area contributed by atoms with Crippen LogP contribution in [-0.2, 0) is 6.42 Å². The molecule has 21 heavy (non-hydrogen) atoms. The van der Waals surface area contributed by atoms with Crippen molar-refractivity contribution in [2.45, 2.75) is 52.0 Å². The molecular weight excluding hydrogens is 331 g/mol. The van der Waals surface area contributed by atoms with Crippen LogP contribution in [0.1, 0.15) is 45.1 Å². The third-order valence-corrected chi connectivity index (χ3v) is 5.48. The predicted molar refractivity (Wildman–Crippen MR) is 89.2 cm³/mol. The fourth-order valence-corrected chi connectivity index (χ4v) is 3.92.